The van der Waals surface area contributed by atoms with E-state index in [1.165, 1.54) is 32.2 Å². The molecule has 0 radical (unpaired) electrons. The molecule has 0 fully saturated rings. The number of hydrogen-bond acceptors (Lipinski definition) is 3. The quantitative estimate of drug-likeness (QED) is 0.363. The highest BCUT2D eigenvalue weighted by Crippen LogP contribution is 1.94. The van der Waals surface area contributed by atoms with Gasteiger partial charge in [-0.25, -0.2) is 0 Å². The smallest absolute Gasteiger partial charge is 0.159 e. The molecular formula is C10H13NO2. The monoisotopic (exact) mass is 179 g/mol. The molecule has 0 aromatic carbocycles. The molecular weight excluding hydrogens is 166 g/mol. The van der Waals surface area contributed by atoms with Gasteiger partial charge in [0, 0.05) is 11.8 Å². The van der Waals surface area contributed by atoms with E-state index >= 15 is 0 Å². The van der Waals surface area contributed by atoms with Crippen molar-refractivity contribution < 1.29 is 9.59 Å². The van der Waals surface area contributed by atoms with Crippen molar-refractivity contribution >= 4 is 17.8 Å². The first-order chi connectivity index (χ1) is 6.07. The number of rotatable bonds is 5. The van der Waals surface area contributed by atoms with Crippen molar-refractivity contribution in [3.63, 3.8) is 0 Å². The van der Waals surface area contributed by atoms with Crippen LogP contribution >= 0.6 is 0 Å². The number of ketones is 2. The minimum atomic E-state index is -0.0655. The number of carbonyl (C=O) groups excluding carboxylic acids is 2. The summed E-state index contributed by atoms with van der Waals surface area (Å²) in [6, 6.07) is 0. The highest BCUT2D eigenvalue weighted by molar-refractivity contribution is 5.99. The molecule has 13 heavy (non-hydrogen) atoms. The first-order valence-electron chi connectivity index (χ1n) is 3.91. The molecule has 0 aliphatic heterocycles. The van der Waals surface area contributed by atoms with Crippen molar-refractivity contribution in [1.82, 2.24) is 0 Å². The van der Waals surface area contributed by atoms with Crippen LogP contribution in [0.1, 0.15) is 13.8 Å². The van der Waals surface area contributed by atoms with Gasteiger partial charge in [-0.1, -0.05) is 12.7 Å². The molecule has 0 amide bonds. The minimum absolute atomic E-state index is 0.00683. The predicted molar refractivity (Wildman–Crippen MR) is 53.0 cm³/mol. The molecule has 0 aromatic heterocycles. The molecule has 0 aromatic rings. The maximum Gasteiger partial charge on any atom is 0.159 e. The third-order valence-electron chi connectivity index (χ3n) is 1.30. The van der Waals surface area contributed by atoms with Crippen molar-refractivity contribution in [3.05, 3.63) is 24.3 Å². The molecule has 0 saturated heterocycles. The fourth-order valence-corrected chi connectivity index (χ4v) is 0.643. The summed E-state index contributed by atoms with van der Waals surface area (Å²) in [4.78, 5) is 25.1. The number of aliphatic imine (C=N–C) groups is 1. The normalized spacial score (nSPS) is 11.7. The Kier molecular flexibility index (Phi) is 5.35. The number of Topliss-reactive ketones (excluding diaryl/α,β-unsaturated/α-hetero) is 2. The van der Waals surface area contributed by atoms with Gasteiger partial charge in [0.15, 0.2) is 11.6 Å². The molecule has 0 aliphatic rings. The Balaban J connectivity index is 4.22. The molecule has 0 bridgehead atoms. The van der Waals surface area contributed by atoms with Crippen molar-refractivity contribution in [3.8, 4) is 0 Å². The van der Waals surface area contributed by atoms with Gasteiger partial charge in [-0.05, 0) is 19.9 Å². The molecule has 0 aliphatic carbocycles. The van der Waals surface area contributed by atoms with Gasteiger partial charge in [-0.2, -0.15) is 0 Å². The molecule has 0 unspecified atom stereocenters. The molecule has 0 rings (SSSR count). The minimum Gasteiger partial charge on any atom is -0.298 e. The van der Waals surface area contributed by atoms with Gasteiger partial charge in [0.1, 0.15) is 0 Å². The van der Waals surface area contributed by atoms with E-state index in [0.717, 1.165) is 0 Å². The van der Waals surface area contributed by atoms with Crippen molar-refractivity contribution in [2.24, 2.45) is 4.99 Å². The van der Waals surface area contributed by atoms with Crippen LogP contribution in [0, 0.1) is 0 Å². The van der Waals surface area contributed by atoms with Crippen LogP contribution in [0.3, 0.4) is 0 Å². The lowest BCUT2D eigenvalue weighted by Crippen LogP contribution is -1.95. The van der Waals surface area contributed by atoms with Crippen molar-refractivity contribution in [2.45, 2.75) is 13.8 Å². The van der Waals surface area contributed by atoms with E-state index in [-0.39, 0.29) is 18.1 Å². The van der Waals surface area contributed by atoms with Gasteiger partial charge in [0.25, 0.3) is 0 Å². The number of carbonyl (C=O) groups is 2. The van der Waals surface area contributed by atoms with E-state index in [9.17, 15) is 9.59 Å². The molecule has 3 heteroatoms. The van der Waals surface area contributed by atoms with Crippen molar-refractivity contribution in [1.29, 1.82) is 0 Å². The molecule has 0 N–H and O–H groups in total. The molecule has 0 spiro atoms. The van der Waals surface area contributed by atoms with Crippen LogP contribution in [-0.4, -0.2) is 24.3 Å². The van der Waals surface area contributed by atoms with Crippen LogP contribution in [0.2, 0.25) is 0 Å². The average molecular weight is 179 g/mol. The fraction of sp³-hybridized carbons (Fsp3) is 0.300. The van der Waals surface area contributed by atoms with Gasteiger partial charge < -0.3 is 0 Å². The average Bonchev–Trinajstić information content (AvgIpc) is 2.03. The van der Waals surface area contributed by atoms with E-state index < -0.39 is 0 Å². The third-order valence-corrected chi connectivity index (χ3v) is 1.30. The standard InChI is InChI=1S/C10H13NO2/c1-4-10(9(3)13)5-6-11-7-8(2)12/h4-6H,1,7H2,2-3H3/b10-5+,11-6+. The Bertz CT molecular complexity index is 275. The van der Waals surface area contributed by atoms with Gasteiger partial charge in [0.2, 0.25) is 0 Å². The first kappa shape index (κ1) is 11.5. The van der Waals surface area contributed by atoms with E-state index in [0.29, 0.717) is 5.57 Å². The van der Waals surface area contributed by atoms with Crippen LogP contribution in [-0.2, 0) is 9.59 Å². The lowest BCUT2D eigenvalue weighted by Gasteiger charge is -1.90. The molecule has 0 heterocycles. The zero-order chi connectivity index (χ0) is 10.3. The summed E-state index contributed by atoms with van der Waals surface area (Å²) in [6.07, 6.45) is 4.44. The summed E-state index contributed by atoms with van der Waals surface area (Å²) >= 11 is 0. The Labute approximate surface area is 77.9 Å². The fourth-order valence-electron chi connectivity index (χ4n) is 0.643. The zero-order valence-corrected chi connectivity index (χ0v) is 7.91. The van der Waals surface area contributed by atoms with Gasteiger partial charge in [-0.3, -0.25) is 14.6 Å². The van der Waals surface area contributed by atoms with Gasteiger partial charge in [-0.15, -0.1) is 0 Å². The maximum atomic E-state index is 10.8. The highest BCUT2D eigenvalue weighted by Gasteiger charge is 1.94. The molecule has 70 valence electrons. The van der Waals surface area contributed by atoms with E-state index in [2.05, 4.69) is 11.6 Å². The van der Waals surface area contributed by atoms with E-state index in [4.69, 9.17) is 0 Å². The number of nitrogens with zero attached hydrogens (tertiary/aromatic N) is 1. The largest absolute Gasteiger partial charge is 0.298 e. The van der Waals surface area contributed by atoms with Gasteiger partial charge >= 0.3 is 0 Å². The summed E-state index contributed by atoms with van der Waals surface area (Å²) in [7, 11) is 0. The number of hydrogen-bond donors (Lipinski definition) is 0. The molecule has 3 nitrogen and oxygen atoms in total. The van der Waals surface area contributed by atoms with Crippen LogP contribution in [0.5, 0.6) is 0 Å². The second-order valence-electron chi connectivity index (χ2n) is 2.57. The van der Waals surface area contributed by atoms with Gasteiger partial charge in [0.05, 0.1) is 6.54 Å². The van der Waals surface area contributed by atoms with Crippen LogP contribution in [0.4, 0.5) is 0 Å². The van der Waals surface area contributed by atoms with Crippen LogP contribution < -0.4 is 0 Å². The third kappa shape index (κ3) is 5.73. The molecule has 0 saturated carbocycles. The second kappa shape index (κ2) is 6.06. The maximum absolute atomic E-state index is 10.8. The van der Waals surface area contributed by atoms with E-state index in [1.807, 2.05) is 0 Å². The topological polar surface area (TPSA) is 46.5 Å². The highest BCUT2D eigenvalue weighted by atomic mass is 16.1. The number of allylic oxidation sites excluding steroid dienone is 3. The second-order valence-corrected chi connectivity index (χ2v) is 2.57. The summed E-state index contributed by atoms with van der Waals surface area (Å²) in [6.45, 7) is 6.54. The molecule has 0 atom stereocenters. The Morgan fingerprint density at radius 2 is 2.00 bits per heavy atom. The predicted octanol–water partition coefficient (Wildman–Crippen LogP) is 1.35. The lowest BCUT2D eigenvalue weighted by atomic mass is 10.2. The lowest BCUT2D eigenvalue weighted by molar-refractivity contribution is -0.115. The SMILES string of the molecule is C=C/C(=C\C=N\CC(C)=O)C(C)=O. The van der Waals surface area contributed by atoms with Crippen molar-refractivity contribution in [2.75, 3.05) is 6.54 Å². The van der Waals surface area contributed by atoms with Crippen LogP contribution in [0.25, 0.3) is 0 Å². The Hall–Kier alpha value is -1.51. The first-order valence-corrected chi connectivity index (χ1v) is 3.91. The summed E-state index contributed by atoms with van der Waals surface area (Å²) in [5.41, 5.74) is 0.493. The summed E-state index contributed by atoms with van der Waals surface area (Å²) in [5.74, 6) is -0.0723. The van der Waals surface area contributed by atoms with Crippen LogP contribution in [0.15, 0.2) is 29.3 Å². The Morgan fingerprint density at radius 1 is 1.38 bits per heavy atom. The summed E-state index contributed by atoms with van der Waals surface area (Å²) in [5, 5.41) is 0. The summed E-state index contributed by atoms with van der Waals surface area (Å²) < 4.78 is 0. The zero-order valence-electron chi connectivity index (χ0n) is 7.91. The Morgan fingerprint density at radius 3 is 2.38 bits per heavy atom. The van der Waals surface area contributed by atoms with E-state index in [1.54, 1.807) is 0 Å².